The highest BCUT2D eigenvalue weighted by Gasteiger charge is 2.28. The fraction of sp³-hybridized carbons (Fsp3) is 0.200. The zero-order valence-corrected chi connectivity index (χ0v) is 19.0. The molecule has 178 valence electrons. The van der Waals surface area contributed by atoms with E-state index in [-0.39, 0.29) is 18.1 Å². The minimum Gasteiger partial charge on any atom is -0.497 e. The Hall–Kier alpha value is -4.47. The summed E-state index contributed by atoms with van der Waals surface area (Å²) >= 11 is 0. The second kappa shape index (κ2) is 9.41. The monoisotopic (exact) mass is 474 g/mol. The topological polar surface area (TPSA) is 103 Å². The number of hydrogen-bond donors (Lipinski definition) is 2. The highest BCUT2D eigenvalue weighted by atomic mass is 19.1. The van der Waals surface area contributed by atoms with E-state index < -0.39 is 11.7 Å². The van der Waals surface area contributed by atoms with Crippen LogP contribution < -0.4 is 15.4 Å². The van der Waals surface area contributed by atoms with Gasteiger partial charge in [-0.05, 0) is 55.7 Å². The van der Waals surface area contributed by atoms with Gasteiger partial charge in [-0.3, -0.25) is 14.3 Å². The number of ether oxygens (including phenoxy) is 1. The summed E-state index contributed by atoms with van der Waals surface area (Å²) in [6.45, 7) is -0.0286. The van der Waals surface area contributed by atoms with Gasteiger partial charge in [-0.2, -0.15) is 10.2 Å². The lowest BCUT2D eigenvalue weighted by Crippen LogP contribution is -2.19. The van der Waals surface area contributed by atoms with Gasteiger partial charge in [0.1, 0.15) is 23.8 Å². The predicted octanol–water partition coefficient (Wildman–Crippen LogP) is 3.60. The number of methoxy groups -OCH3 is 1. The molecule has 2 amide bonds. The standard InChI is InChI=1S/C25H23FN6O3/c1-35-18-11-9-16(10-12-18)28-23(33)15-31-14-17(13-27-31)29-25(34)24-19-5-4-8-21(19)32(30-24)22-7-3-2-6-20(22)26/h2-3,6-7,9-14H,4-5,8,15H2,1H3,(H,28,33)(H,29,34). The first-order valence-corrected chi connectivity index (χ1v) is 11.1. The summed E-state index contributed by atoms with van der Waals surface area (Å²) in [6.07, 6.45) is 5.35. The molecule has 1 aliphatic carbocycles. The smallest absolute Gasteiger partial charge is 0.276 e. The van der Waals surface area contributed by atoms with E-state index in [9.17, 15) is 14.0 Å². The predicted molar refractivity (Wildman–Crippen MR) is 127 cm³/mol. The van der Waals surface area contributed by atoms with Crippen LogP contribution in [0.2, 0.25) is 0 Å². The molecule has 2 aromatic heterocycles. The van der Waals surface area contributed by atoms with Crippen LogP contribution in [0.3, 0.4) is 0 Å². The molecule has 0 unspecified atom stereocenters. The largest absolute Gasteiger partial charge is 0.497 e. The molecule has 10 heteroatoms. The van der Waals surface area contributed by atoms with Crippen LogP contribution in [0.1, 0.15) is 28.2 Å². The van der Waals surface area contributed by atoms with Crippen LogP contribution in [-0.2, 0) is 24.2 Å². The molecule has 2 aromatic carbocycles. The molecular formula is C25H23FN6O3. The maximum atomic E-state index is 14.4. The van der Waals surface area contributed by atoms with Crippen LogP contribution in [0.15, 0.2) is 60.9 Å². The summed E-state index contributed by atoms with van der Waals surface area (Å²) < 4.78 is 22.4. The summed E-state index contributed by atoms with van der Waals surface area (Å²) in [5, 5.41) is 14.2. The molecular weight excluding hydrogens is 451 g/mol. The summed E-state index contributed by atoms with van der Waals surface area (Å²) in [5.41, 5.74) is 3.34. The van der Waals surface area contributed by atoms with Gasteiger partial charge < -0.3 is 15.4 Å². The third-order valence-electron chi connectivity index (χ3n) is 5.80. The van der Waals surface area contributed by atoms with Gasteiger partial charge in [0.25, 0.3) is 5.91 Å². The first-order chi connectivity index (χ1) is 17.0. The zero-order valence-electron chi connectivity index (χ0n) is 19.0. The van der Waals surface area contributed by atoms with Crippen molar-refractivity contribution in [3.05, 3.63) is 83.7 Å². The second-order valence-corrected chi connectivity index (χ2v) is 8.15. The van der Waals surface area contributed by atoms with Gasteiger partial charge in [0, 0.05) is 23.1 Å². The third-order valence-corrected chi connectivity index (χ3v) is 5.80. The van der Waals surface area contributed by atoms with E-state index in [2.05, 4.69) is 20.8 Å². The number of carbonyl (C=O) groups excluding carboxylic acids is 2. The molecule has 5 rings (SSSR count). The van der Waals surface area contributed by atoms with Crippen molar-refractivity contribution in [2.24, 2.45) is 0 Å². The van der Waals surface area contributed by atoms with Crippen molar-refractivity contribution < 1.29 is 18.7 Å². The van der Waals surface area contributed by atoms with E-state index in [4.69, 9.17) is 4.74 Å². The van der Waals surface area contributed by atoms with Crippen LogP contribution >= 0.6 is 0 Å². The average molecular weight is 474 g/mol. The quantitative estimate of drug-likeness (QED) is 0.426. The molecule has 2 heterocycles. The summed E-state index contributed by atoms with van der Waals surface area (Å²) in [5.74, 6) is -0.372. The lowest BCUT2D eigenvalue weighted by molar-refractivity contribution is -0.116. The Bertz CT molecular complexity index is 1390. The molecule has 0 aliphatic heterocycles. The van der Waals surface area contributed by atoms with Gasteiger partial charge in [0.2, 0.25) is 5.91 Å². The number of benzene rings is 2. The first-order valence-electron chi connectivity index (χ1n) is 11.1. The molecule has 0 fully saturated rings. The summed E-state index contributed by atoms with van der Waals surface area (Å²) in [4.78, 5) is 25.4. The number of rotatable bonds is 7. The lowest BCUT2D eigenvalue weighted by Gasteiger charge is -2.06. The van der Waals surface area contributed by atoms with Gasteiger partial charge in [-0.25, -0.2) is 9.07 Å². The Kier molecular flexibility index (Phi) is 6.01. The molecule has 1 aliphatic rings. The number of aromatic nitrogens is 4. The molecule has 4 aromatic rings. The molecule has 0 saturated heterocycles. The molecule has 9 nitrogen and oxygen atoms in total. The van der Waals surface area contributed by atoms with Gasteiger partial charge in [-0.1, -0.05) is 12.1 Å². The Balaban J connectivity index is 1.27. The van der Waals surface area contributed by atoms with Crippen molar-refractivity contribution in [2.45, 2.75) is 25.8 Å². The van der Waals surface area contributed by atoms with Crippen molar-refractivity contribution in [1.29, 1.82) is 0 Å². The zero-order chi connectivity index (χ0) is 24.4. The minimum atomic E-state index is -0.402. The second-order valence-electron chi connectivity index (χ2n) is 8.15. The average Bonchev–Trinajstić information content (AvgIpc) is 3.57. The summed E-state index contributed by atoms with van der Waals surface area (Å²) in [6, 6.07) is 13.4. The SMILES string of the molecule is COc1ccc(NC(=O)Cn2cc(NC(=O)c3nn(-c4ccccc4F)c4c3CCC4)cn2)cc1. The lowest BCUT2D eigenvalue weighted by atomic mass is 10.2. The fourth-order valence-corrected chi connectivity index (χ4v) is 4.17. The number of carbonyl (C=O) groups is 2. The summed E-state index contributed by atoms with van der Waals surface area (Å²) in [7, 11) is 1.57. The normalized spacial score (nSPS) is 12.3. The van der Waals surface area contributed by atoms with E-state index in [1.165, 1.54) is 21.6 Å². The van der Waals surface area contributed by atoms with E-state index >= 15 is 0 Å². The van der Waals surface area contributed by atoms with Crippen LogP contribution in [0.25, 0.3) is 5.69 Å². The van der Waals surface area contributed by atoms with E-state index in [0.717, 1.165) is 24.1 Å². The number of para-hydroxylation sites is 1. The highest BCUT2D eigenvalue weighted by molar-refractivity contribution is 6.04. The number of nitrogens with zero attached hydrogens (tertiary/aromatic N) is 4. The third kappa shape index (κ3) is 4.63. The Labute approximate surface area is 200 Å². The van der Waals surface area contributed by atoms with Crippen molar-refractivity contribution >= 4 is 23.2 Å². The fourth-order valence-electron chi connectivity index (χ4n) is 4.17. The van der Waals surface area contributed by atoms with Gasteiger partial charge >= 0.3 is 0 Å². The molecule has 0 atom stereocenters. The minimum absolute atomic E-state index is 0.0286. The number of fused-ring (bicyclic) bond motifs is 1. The number of halogens is 1. The first kappa shape index (κ1) is 22.3. The van der Waals surface area contributed by atoms with Crippen LogP contribution in [0.4, 0.5) is 15.8 Å². The molecule has 0 bridgehead atoms. The number of nitrogens with one attached hydrogen (secondary N) is 2. The number of anilines is 2. The molecule has 0 spiro atoms. The van der Waals surface area contributed by atoms with Crippen molar-refractivity contribution in [2.75, 3.05) is 17.7 Å². The Morgan fingerprint density at radius 1 is 1.06 bits per heavy atom. The number of hydrogen-bond acceptors (Lipinski definition) is 5. The van der Waals surface area contributed by atoms with Gasteiger partial charge in [-0.15, -0.1) is 0 Å². The van der Waals surface area contributed by atoms with Gasteiger partial charge in [0.05, 0.1) is 19.0 Å². The van der Waals surface area contributed by atoms with Crippen LogP contribution in [-0.4, -0.2) is 38.5 Å². The van der Waals surface area contributed by atoms with Crippen LogP contribution in [0, 0.1) is 5.82 Å². The Morgan fingerprint density at radius 2 is 1.86 bits per heavy atom. The van der Waals surface area contributed by atoms with E-state index in [1.807, 2.05) is 0 Å². The molecule has 0 radical (unpaired) electrons. The highest BCUT2D eigenvalue weighted by Crippen LogP contribution is 2.29. The molecule has 0 saturated carbocycles. The van der Waals surface area contributed by atoms with Gasteiger partial charge in [0.15, 0.2) is 5.69 Å². The molecule has 2 N–H and O–H groups in total. The van der Waals surface area contributed by atoms with Crippen LogP contribution in [0.5, 0.6) is 5.75 Å². The maximum absolute atomic E-state index is 14.4. The molecule has 35 heavy (non-hydrogen) atoms. The van der Waals surface area contributed by atoms with Crippen molar-refractivity contribution in [3.63, 3.8) is 0 Å². The maximum Gasteiger partial charge on any atom is 0.276 e. The van der Waals surface area contributed by atoms with Crippen molar-refractivity contribution in [3.8, 4) is 11.4 Å². The van der Waals surface area contributed by atoms with E-state index in [0.29, 0.717) is 29.2 Å². The van der Waals surface area contributed by atoms with E-state index in [1.54, 1.807) is 55.8 Å². The Morgan fingerprint density at radius 3 is 2.63 bits per heavy atom. The van der Waals surface area contributed by atoms with Crippen molar-refractivity contribution in [1.82, 2.24) is 19.6 Å². The number of amides is 2.